The summed E-state index contributed by atoms with van der Waals surface area (Å²) in [7, 11) is 0. The summed E-state index contributed by atoms with van der Waals surface area (Å²) in [6.45, 7) is 0. The van der Waals surface area contributed by atoms with Crippen LogP contribution in [0.15, 0.2) is 42.6 Å². The normalized spacial score (nSPS) is 10.8. The molecular formula is C14H12N4O2. The average molecular weight is 268 g/mol. The van der Waals surface area contributed by atoms with E-state index in [1.807, 2.05) is 36.4 Å². The van der Waals surface area contributed by atoms with E-state index in [4.69, 9.17) is 10.8 Å². The second-order valence-electron chi connectivity index (χ2n) is 4.46. The molecule has 0 saturated carbocycles. The molecular weight excluding hydrogens is 256 g/mol. The molecule has 0 atom stereocenters. The summed E-state index contributed by atoms with van der Waals surface area (Å²) in [5, 5.41) is 12.8. The first kappa shape index (κ1) is 12.2. The van der Waals surface area contributed by atoms with Crippen molar-refractivity contribution in [1.29, 1.82) is 0 Å². The molecule has 6 heteroatoms. The standard InChI is InChI=1S/C14H12N4O2/c15-14-16-12-8-11(5-6-18(12)17-14)10-3-1-9(2-4-10)7-13(19)20/h1-6,8H,7H2,(H2,15,17)(H,19,20). The highest BCUT2D eigenvalue weighted by molar-refractivity contribution is 5.72. The maximum Gasteiger partial charge on any atom is 0.307 e. The number of fused-ring (bicyclic) bond motifs is 1. The number of anilines is 1. The molecule has 6 nitrogen and oxygen atoms in total. The van der Waals surface area contributed by atoms with Crippen LogP contribution in [0.25, 0.3) is 16.8 Å². The number of aliphatic carboxylic acids is 1. The Morgan fingerprint density at radius 2 is 1.95 bits per heavy atom. The second-order valence-corrected chi connectivity index (χ2v) is 4.46. The molecule has 0 aliphatic heterocycles. The number of aromatic nitrogens is 3. The molecule has 0 aliphatic carbocycles. The van der Waals surface area contributed by atoms with Gasteiger partial charge in [0, 0.05) is 6.20 Å². The lowest BCUT2D eigenvalue weighted by Gasteiger charge is -2.03. The predicted molar refractivity (Wildman–Crippen MR) is 74.2 cm³/mol. The van der Waals surface area contributed by atoms with Crippen LogP contribution in [0.3, 0.4) is 0 Å². The van der Waals surface area contributed by atoms with Crippen LogP contribution in [0, 0.1) is 0 Å². The zero-order valence-electron chi connectivity index (χ0n) is 10.5. The van der Waals surface area contributed by atoms with E-state index in [0.29, 0.717) is 5.65 Å². The Kier molecular flexibility index (Phi) is 2.83. The van der Waals surface area contributed by atoms with Crippen molar-refractivity contribution in [3.05, 3.63) is 48.2 Å². The van der Waals surface area contributed by atoms with Crippen LogP contribution in [0.4, 0.5) is 5.95 Å². The number of rotatable bonds is 3. The van der Waals surface area contributed by atoms with Gasteiger partial charge in [-0.25, -0.2) is 4.52 Å². The van der Waals surface area contributed by atoms with E-state index in [-0.39, 0.29) is 12.4 Å². The SMILES string of the molecule is Nc1nc2cc(-c3ccc(CC(=O)O)cc3)ccn2n1. The summed E-state index contributed by atoms with van der Waals surface area (Å²) in [6, 6.07) is 11.2. The number of nitrogens with two attached hydrogens (primary N) is 1. The quantitative estimate of drug-likeness (QED) is 0.752. The first-order chi connectivity index (χ1) is 9.61. The molecule has 2 heterocycles. The van der Waals surface area contributed by atoms with Gasteiger partial charge in [0.2, 0.25) is 5.95 Å². The number of benzene rings is 1. The molecule has 2 aromatic heterocycles. The first-order valence-electron chi connectivity index (χ1n) is 6.05. The minimum absolute atomic E-state index is 0.0278. The molecule has 3 N–H and O–H groups in total. The summed E-state index contributed by atoms with van der Waals surface area (Å²) in [6.07, 6.45) is 1.82. The zero-order valence-corrected chi connectivity index (χ0v) is 10.5. The van der Waals surface area contributed by atoms with Crippen molar-refractivity contribution < 1.29 is 9.90 Å². The number of carboxylic acid groups (broad SMARTS) is 1. The fourth-order valence-electron chi connectivity index (χ4n) is 2.07. The molecule has 20 heavy (non-hydrogen) atoms. The fraction of sp³-hybridized carbons (Fsp3) is 0.0714. The molecule has 0 unspecified atom stereocenters. The number of nitrogens with zero attached hydrogens (tertiary/aromatic N) is 3. The van der Waals surface area contributed by atoms with Gasteiger partial charge in [0.05, 0.1) is 6.42 Å². The Morgan fingerprint density at radius 1 is 1.20 bits per heavy atom. The van der Waals surface area contributed by atoms with Crippen molar-refractivity contribution in [2.45, 2.75) is 6.42 Å². The Balaban J connectivity index is 1.95. The van der Waals surface area contributed by atoms with Gasteiger partial charge in [-0.3, -0.25) is 4.79 Å². The molecule has 0 amide bonds. The van der Waals surface area contributed by atoms with Crippen LogP contribution < -0.4 is 5.73 Å². The topological polar surface area (TPSA) is 93.5 Å². The summed E-state index contributed by atoms with van der Waals surface area (Å²) in [5.41, 5.74) is 8.96. The van der Waals surface area contributed by atoms with Crippen LogP contribution >= 0.6 is 0 Å². The summed E-state index contributed by atoms with van der Waals surface area (Å²) < 4.78 is 1.61. The Bertz CT molecular complexity index is 777. The molecule has 1 aromatic carbocycles. The lowest BCUT2D eigenvalue weighted by Crippen LogP contribution is -1.99. The Morgan fingerprint density at radius 3 is 2.65 bits per heavy atom. The molecule has 0 saturated heterocycles. The van der Waals surface area contributed by atoms with Gasteiger partial charge in [0.1, 0.15) is 0 Å². The van der Waals surface area contributed by atoms with Crippen molar-refractivity contribution in [2.24, 2.45) is 0 Å². The molecule has 100 valence electrons. The molecule has 0 fully saturated rings. The van der Waals surface area contributed by atoms with Gasteiger partial charge < -0.3 is 10.8 Å². The van der Waals surface area contributed by atoms with Crippen LogP contribution in [-0.2, 0) is 11.2 Å². The number of nitrogen functional groups attached to an aromatic ring is 1. The zero-order chi connectivity index (χ0) is 14.1. The van der Waals surface area contributed by atoms with E-state index in [1.54, 1.807) is 10.7 Å². The van der Waals surface area contributed by atoms with Crippen molar-refractivity contribution in [2.75, 3.05) is 5.73 Å². The summed E-state index contributed by atoms with van der Waals surface area (Å²) in [5.74, 6) is -0.600. The van der Waals surface area contributed by atoms with Crippen LogP contribution in [0.5, 0.6) is 0 Å². The number of hydrogen-bond donors (Lipinski definition) is 2. The van der Waals surface area contributed by atoms with Crippen molar-refractivity contribution >= 4 is 17.6 Å². The van der Waals surface area contributed by atoms with E-state index in [0.717, 1.165) is 16.7 Å². The van der Waals surface area contributed by atoms with Crippen molar-refractivity contribution in [1.82, 2.24) is 14.6 Å². The summed E-state index contributed by atoms with van der Waals surface area (Å²) >= 11 is 0. The maximum absolute atomic E-state index is 10.6. The molecule has 3 aromatic rings. The smallest absolute Gasteiger partial charge is 0.307 e. The fourth-order valence-corrected chi connectivity index (χ4v) is 2.07. The number of hydrogen-bond acceptors (Lipinski definition) is 4. The minimum atomic E-state index is -0.835. The predicted octanol–water partition coefficient (Wildman–Crippen LogP) is 1.61. The highest BCUT2D eigenvalue weighted by atomic mass is 16.4. The van der Waals surface area contributed by atoms with E-state index in [9.17, 15) is 4.79 Å². The molecule has 0 bridgehead atoms. The minimum Gasteiger partial charge on any atom is -0.481 e. The van der Waals surface area contributed by atoms with E-state index in [1.165, 1.54) is 0 Å². The van der Waals surface area contributed by atoms with Crippen molar-refractivity contribution in [3.63, 3.8) is 0 Å². The molecule has 0 radical (unpaired) electrons. The molecule has 0 aliphatic rings. The number of pyridine rings is 1. The van der Waals surface area contributed by atoms with Crippen molar-refractivity contribution in [3.8, 4) is 11.1 Å². The number of carboxylic acids is 1. The largest absolute Gasteiger partial charge is 0.481 e. The third-order valence-electron chi connectivity index (χ3n) is 3.00. The van der Waals surface area contributed by atoms with E-state index < -0.39 is 5.97 Å². The summed E-state index contributed by atoms with van der Waals surface area (Å²) in [4.78, 5) is 14.8. The van der Waals surface area contributed by atoms with Gasteiger partial charge in [-0.15, -0.1) is 5.10 Å². The van der Waals surface area contributed by atoms with E-state index in [2.05, 4.69) is 10.1 Å². The number of carbonyl (C=O) groups is 1. The van der Waals surface area contributed by atoms with Gasteiger partial charge in [0.25, 0.3) is 0 Å². The molecule has 3 rings (SSSR count). The third-order valence-corrected chi connectivity index (χ3v) is 3.00. The highest BCUT2D eigenvalue weighted by Gasteiger charge is 2.04. The first-order valence-corrected chi connectivity index (χ1v) is 6.05. The van der Waals surface area contributed by atoms with Gasteiger partial charge in [-0.2, -0.15) is 4.98 Å². The van der Waals surface area contributed by atoms with Gasteiger partial charge in [-0.05, 0) is 28.8 Å². The van der Waals surface area contributed by atoms with Crippen LogP contribution in [0.1, 0.15) is 5.56 Å². The molecule has 0 spiro atoms. The van der Waals surface area contributed by atoms with Gasteiger partial charge in [0.15, 0.2) is 5.65 Å². The third kappa shape index (κ3) is 2.31. The lowest BCUT2D eigenvalue weighted by molar-refractivity contribution is -0.136. The average Bonchev–Trinajstić information content (AvgIpc) is 2.78. The second kappa shape index (κ2) is 4.65. The van der Waals surface area contributed by atoms with Gasteiger partial charge >= 0.3 is 5.97 Å². The Hall–Kier alpha value is -2.89. The Labute approximate surface area is 114 Å². The maximum atomic E-state index is 10.6. The van der Waals surface area contributed by atoms with Gasteiger partial charge in [-0.1, -0.05) is 24.3 Å². The van der Waals surface area contributed by atoms with Crippen LogP contribution in [-0.4, -0.2) is 25.7 Å². The van der Waals surface area contributed by atoms with E-state index >= 15 is 0 Å². The lowest BCUT2D eigenvalue weighted by atomic mass is 10.0. The monoisotopic (exact) mass is 268 g/mol. The highest BCUT2D eigenvalue weighted by Crippen LogP contribution is 2.21. The van der Waals surface area contributed by atoms with Crippen LogP contribution in [0.2, 0.25) is 0 Å².